The summed E-state index contributed by atoms with van der Waals surface area (Å²) in [5.41, 5.74) is 2.52. The van der Waals surface area contributed by atoms with Gasteiger partial charge in [-0.05, 0) is 31.5 Å². The average Bonchev–Trinajstić information content (AvgIpc) is 3.15. The molecule has 3 amide bonds. The van der Waals surface area contributed by atoms with Gasteiger partial charge in [-0.2, -0.15) is 5.10 Å². The molecule has 0 spiro atoms. The molecular weight excluding hydrogens is 384 g/mol. The van der Waals surface area contributed by atoms with Crippen LogP contribution in [0.4, 0.5) is 4.79 Å². The maximum Gasteiger partial charge on any atom is 0.342 e. The van der Waals surface area contributed by atoms with Gasteiger partial charge in [0, 0.05) is 6.54 Å². The van der Waals surface area contributed by atoms with Gasteiger partial charge in [-0.15, -0.1) is 0 Å². The molecule has 1 heterocycles. The van der Waals surface area contributed by atoms with Crippen LogP contribution in [0.5, 0.6) is 0 Å². The third kappa shape index (κ3) is 5.11. The molecule has 8 nitrogen and oxygen atoms in total. The van der Waals surface area contributed by atoms with Crippen LogP contribution in [0.1, 0.15) is 28.5 Å². The molecule has 8 heteroatoms. The number of amides is 3. The maximum absolute atomic E-state index is 12.5. The van der Waals surface area contributed by atoms with Crippen LogP contribution in [-0.4, -0.2) is 33.8 Å². The number of esters is 1. The Kier molecular flexibility index (Phi) is 6.59. The van der Waals surface area contributed by atoms with E-state index < -0.39 is 24.0 Å². The highest BCUT2D eigenvalue weighted by atomic mass is 16.5. The molecule has 1 aromatic heterocycles. The highest BCUT2D eigenvalue weighted by molar-refractivity contribution is 5.98. The Morgan fingerprint density at radius 1 is 1.03 bits per heavy atom. The molecule has 3 rings (SSSR count). The van der Waals surface area contributed by atoms with Crippen molar-refractivity contribution in [2.24, 2.45) is 0 Å². The molecule has 0 radical (unpaired) electrons. The summed E-state index contributed by atoms with van der Waals surface area (Å²) in [5, 5.41) is 8.95. The van der Waals surface area contributed by atoms with Gasteiger partial charge in [-0.25, -0.2) is 14.3 Å². The highest BCUT2D eigenvalue weighted by Crippen LogP contribution is 2.15. The lowest BCUT2D eigenvalue weighted by atomic mass is 10.2. The molecule has 30 heavy (non-hydrogen) atoms. The standard InChI is InChI=1S/C22H22N4O4/c1-15-19(14-24-26(15)18-11-7-4-8-12-18)21(28)30-16(2)20(27)25-22(29)23-13-17-9-5-3-6-10-17/h3-12,14,16H,13H2,1-2H3,(H2,23,25,27,29). The summed E-state index contributed by atoms with van der Waals surface area (Å²) in [6.07, 6.45) is 0.237. The first-order chi connectivity index (χ1) is 14.5. The fraction of sp³-hybridized carbons (Fsp3) is 0.182. The number of aromatic nitrogens is 2. The first-order valence-corrected chi connectivity index (χ1v) is 9.39. The van der Waals surface area contributed by atoms with Crippen molar-refractivity contribution in [3.05, 3.63) is 83.7 Å². The van der Waals surface area contributed by atoms with Crippen LogP contribution in [0.2, 0.25) is 0 Å². The van der Waals surface area contributed by atoms with Crippen molar-refractivity contribution in [2.45, 2.75) is 26.5 Å². The van der Waals surface area contributed by atoms with E-state index in [0.717, 1.165) is 11.3 Å². The average molecular weight is 406 g/mol. The first-order valence-electron chi connectivity index (χ1n) is 9.39. The zero-order valence-corrected chi connectivity index (χ0v) is 16.7. The van der Waals surface area contributed by atoms with Crippen molar-refractivity contribution < 1.29 is 19.1 Å². The number of para-hydroxylation sites is 1. The van der Waals surface area contributed by atoms with E-state index in [1.165, 1.54) is 13.1 Å². The van der Waals surface area contributed by atoms with Gasteiger partial charge in [0.15, 0.2) is 6.10 Å². The molecule has 0 saturated carbocycles. The van der Waals surface area contributed by atoms with E-state index in [2.05, 4.69) is 15.7 Å². The third-order valence-corrected chi connectivity index (χ3v) is 4.42. The van der Waals surface area contributed by atoms with Crippen LogP contribution >= 0.6 is 0 Å². The zero-order valence-electron chi connectivity index (χ0n) is 16.7. The van der Waals surface area contributed by atoms with Gasteiger partial charge in [0.2, 0.25) is 0 Å². The maximum atomic E-state index is 12.5. The van der Waals surface area contributed by atoms with Gasteiger partial charge in [0.25, 0.3) is 5.91 Å². The first kappa shape index (κ1) is 20.8. The van der Waals surface area contributed by atoms with Crippen molar-refractivity contribution >= 4 is 17.9 Å². The van der Waals surface area contributed by atoms with Crippen molar-refractivity contribution in [2.75, 3.05) is 0 Å². The predicted molar refractivity (Wildman–Crippen MR) is 110 cm³/mol. The van der Waals surface area contributed by atoms with Gasteiger partial charge >= 0.3 is 12.0 Å². The van der Waals surface area contributed by atoms with Crippen LogP contribution in [0, 0.1) is 6.92 Å². The minimum Gasteiger partial charge on any atom is -0.449 e. The van der Waals surface area contributed by atoms with E-state index in [0.29, 0.717) is 5.69 Å². The Hall–Kier alpha value is -3.94. The van der Waals surface area contributed by atoms with Crippen molar-refractivity contribution in [3.8, 4) is 5.69 Å². The topological polar surface area (TPSA) is 102 Å². The summed E-state index contributed by atoms with van der Waals surface area (Å²) in [5.74, 6) is -1.41. The molecule has 0 saturated heterocycles. The predicted octanol–water partition coefficient (Wildman–Crippen LogP) is 2.75. The van der Waals surface area contributed by atoms with E-state index in [-0.39, 0.29) is 12.1 Å². The quantitative estimate of drug-likeness (QED) is 0.613. The van der Waals surface area contributed by atoms with E-state index in [4.69, 9.17) is 4.74 Å². The zero-order chi connectivity index (χ0) is 21.5. The highest BCUT2D eigenvalue weighted by Gasteiger charge is 2.23. The van der Waals surface area contributed by atoms with Crippen LogP contribution in [0.25, 0.3) is 5.69 Å². The molecule has 1 unspecified atom stereocenters. The SMILES string of the molecule is Cc1c(C(=O)OC(C)C(=O)NC(=O)NCc2ccccc2)cnn1-c1ccccc1. The number of carbonyl (C=O) groups is 3. The lowest BCUT2D eigenvalue weighted by Crippen LogP contribution is -2.44. The summed E-state index contributed by atoms with van der Waals surface area (Å²) < 4.78 is 6.82. The number of hydrogen-bond donors (Lipinski definition) is 2. The molecule has 0 fully saturated rings. The number of ether oxygens (including phenoxy) is 1. The second kappa shape index (κ2) is 9.51. The summed E-state index contributed by atoms with van der Waals surface area (Å²) >= 11 is 0. The van der Waals surface area contributed by atoms with Crippen molar-refractivity contribution in [3.63, 3.8) is 0 Å². The largest absolute Gasteiger partial charge is 0.449 e. The van der Waals surface area contributed by atoms with Crippen LogP contribution < -0.4 is 10.6 Å². The number of imide groups is 1. The second-order valence-electron chi connectivity index (χ2n) is 6.60. The molecule has 1 atom stereocenters. The minimum absolute atomic E-state index is 0.243. The monoisotopic (exact) mass is 406 g/mol. The number of urea groups is 1. The number of nitrogens with one attached hydrogen (secondary N) is 2. The molecule has 154 valence electrons. The van der Waals surface area contributed by atoms with Gasteiger partial charge in [0.05, 0.1) is 17.6 Å². The van der Waals surface area contributed by atoms with Crippen molar-refractivity contribution in [1.82, 2.24) is 20.4 Å². The molecule has 0 bridgehead atoms. The van der Waals surface area contributed by atoms with E-state index in [1.807, 2.05) is 60.7 Å². The summed E-state index contributed by atoms with van der Waals surface area (Å²) in [6, 6.07) is 17.9. The van der Waals surface area contributed by atoms with Crippen LogP contribution in [0.15, 0.2) is 66.9 Å². The van der Waals surface area contributed by atoms with E-state index >= 15 is 0 Å². The number of nitrogens with zero attached hydrogens (tertiary/aromatic N) is 2. The van der Waals surface area contributed by atoms with Gasteiger partial charge in [-0.1, -0.05) is 48.5 Å². The normalized spacial score (nSPS) is 11.4. The number of rotatable bonds is 6. The van der Waals surface area contributed by atoms with Crippen LogP contribution in [-0.2, 0) is 16.1 Å². The Labute approximate surface area is 173 Å². The Morgan fingerprint density at radius 3 is 2.33 bits per heavy atom. The summed E-state index contributed by atoms with van der Waals surface area (Å²) in [7, 11) is 0. The Bertz CT molecular complexity index is 1030. The van der Waals surface area contributed by atoms with Gasteiger partial charge < -0.3 is 10.1 Å². The molecular formula is C22H22N4O4. The molecule has 3 aromatic rings. The molecule has 2 N–H and O–H groups in total. The van der Waals surface area contributed by atoms with Gasteiger partial charge in [0.1, 0.15) is 5.56 Å². The van der Waals surface area contributed by atoms with E-state index in [9.17, 15) is 14.4 Å². The van der Waals surface area contributed by atoms with Crippen molar-refractivity contribution in [1.29, 1.82) is 0 Å². The smallest absolute Gasteiger partial charge is 0.342 e. The van der Waals surface area contributed by atoms with E-state index in [1.54, 1.807) is 11.6 Å². The number of benzene rings is 2. The number of hydrogen-bond acceptors (Lipinski definition) is 5. The van der Waals surface area contributed by atoms with Crippen LogP contribution in [0.3, 0.4) is 0 Å². The number of carbonyl (C=O) groups excluding carboxylic acids is 3. The summed E-state index contributed by atoms with van der Waals surface area (Å²) in [4.78, 5) is 36.5. The second-order valence-corrected chi connectivity index (χ2v) is 6.60. The van der Waals surface area contributed by atoms with Gasteiger partial charge in [-0.3, -0.25) is 10.1 Å². The lowest BCUT2D eigenvalue weighted by Gasteiger charge is -2.13. The Balaban J connectivity index is 1.54. The Morgan fingerprint density at radius 2 is 1.67 bits per heavy atom. The fourth-order valence-electron chi connectivity index (χ4n) is 2.75. The lowest BCUT2D eigenvalue weighted by molar-refractivity contribution is -0.127. The third-order valence-electron chi connectivity index (χ3n) is 4.42. The molecule has 0 aliphatic rings. The molecule has 0 aliphatic carbocycles. The fourth-order valence-corrected chi connectivity index (χ4v) is 2.75. The summed E-state index contributed by atoms with van der Waals surface area (Å²) in [6.45, 7) is 3.40. The molecule has 0 aliphatic heterocycles. The minimum atomic E-state index is -1.15. The molecule has 2 aromatic carbocycles.